The number of aliphatic hydroxyl groups is 1. The second kappa shape index (κ2) is 4.50. The number of Topliss-reactive ketones (excluding diaryl/α,β-unsaturated/α-hetero) is 2. The molecule has 0 aliphatic heterocycles. The second-order valence-corrected chi connectivity index (χ2v) is 5.67. The van der Waals surface area contributed by atoms with Gasteiger partial charge in [0.25, 0.3) is 0 Å². The van der Waals surface area contributed by atoms with Crippen LogP contribution in [-0.4, -0.2) is 16.7 Å². The summed E-state index contributed by atoms with van der Waals surface area (Å²) >= 11 is 0. The van der Waals surface area contributed by atoms with Crippen LogP contribution in [0.15, 0.2) is 42.0 Å². The molecule has 0 saturated heterocycles. The minimum atomic E-state index is -0.656. The molecule has 0 radical (unpaired) electrons. The van der Waals surface area contributed by atoms with Gasteiger partial charge in [-0.1, -0.05) is 57.2 Å². The van der Waals surface area contributed by atoms with E-state index in [2.05, 4.69) is 0 Å². The first-order chi connectivity index (χ1) is 8.81. The molecule has 0 heterocycles. The van der Waals surface area contributed by atoms with Gasteiger partial charge in [0, 0.05) is 11.1 Å². The van der Waals surface area contributed by atoms with E-state index in [1.165, 1.54) is 6.08 Å². The molecule has 0 spiro atoms. The van der Waals surface area contributed by atoms with Gasteiger partial charge in [-0.15, -0.1) is 0 Å². The van der Waals surface area contributed by atoms with E-state index >= 15 is 0 Å². The Bertz CT molecular complexity index is 613. The maximum Gasteiger partial charge on any atom is 0.237 e. The van der Waals surface area contributed by atoms with Crippen molar-refractivity contribution >= 4 is 17.3 Å². The van der Waals surface area contributed by atoms with Gasteiger partial charge in [0.15, 0.2) is 0 Å². The number of fused-ring (bicyclic) bond motifs is 1. The van der Waals surface area contributed by atoms with Gasteiger partial charge in [-0.2, -0.15) is 0 Å². The number of ketones is 2. The highest BCUT2D eigenvalue weighted by molar-refractivity contribution is 6.52. The summed E-state index contributed by atoms with van der Waals surface area (Å²) in [4.78, 5) is 24.0. The maximum absolute atomic E-state index is 12.0. The highest BCUT2D eigenvalue weighted by Gasteiger charge is 2.31. The third-order valence-electron chi connectivity index (χ3n) is 2.88. The second-order valence-electron chi connectivity index (χ2n) is 5.67. The van der Waals surface area contributed by atoms with Crippen molar-refractivity contribution in [2.45, 2.75) is 20.8 Å². The third-order valence-corrected chi connectivity index (χ3v) is 2.88. The largest absolute Gasteiger partial charge is 0.507 e. The number of aliphatic hydroxyl groups excluding tert-OH is 1. The Balaban J connectivity index is 2.58. The van der Waals surface area contributed by atoms with E-state index in [4.69, 9.17) is 0 Å². The zero-order valence-corrected chi connectivity index (χ0v) is 11.2. The van der Waals surface area contributed by atoms with E-state index in [9.17, 15) is 14.7 Å². The van der Waals surface area contributed by atoms with Crippen LogP contribution in [0.25, 0.3) is 5.76 Å². The quantitative estimate of drug-likeness (QED) is 0.784. The van der Waals surface area contributed by atoms with E-state index in [0.717, 1.165) is 0 Å². The summed E-state index contributed by atoms with van der Waals surface area (Å²) in [6.07, 6.45) is 3.34. The number of rotatable bonds is 1. The molecule has 3 heteroatoms. The smallest absolute Gasteiger partial charge is 0.237 e. The third kappa shape index (κ3) is 2.50. The molecule has 0 fully saturated rings. The first-order valence-corrected chi connectivity index (χ1v) is 6.12. The van der Waals surface area contributed by atoms with Gasteiger partial charge in [0.1, 0.15) is 5.76 Å². The number of allylic oxidation sites excluding steroid dienone is 3. The fourth-order valence-electron chi connectivity index (χ4n) is 1.87. The van der Waals surface area contributed by atoms with Crippen molar-refractivity contribution in [3.05, 3.63) is 53.1 Å². The van der Waals surface area contributed by atoms with E-state index in [1.807, 2.05) is 20.8 Å². The fourth-order valence-corrected chi connectivity index (χ4v) is 1.87. The van der Waals surface area contributed by atoms with Crippen molar-refractivity contribution in [3.63, 3.8) is 0 Å². The maximum atomic E-state index is 12.0. The molecule has 0 aromatic heterocycles. The van der Waals surface area contributed by atoms with Crippen molar-refractivity contribution < 1.29 is 14.7 Å². The lowest BCUT2D eigenvalue weighted by atomic mass is 9.86. The van der Waals surface area contributed by atoms with E-state index in [-0.39, 0.29) is 22.3 Å². The summed E-state index contributed by atoms with van der Waals surface area (Å²) in [5, 5.41) is 10.2. The molecular formula is C16H16O3. The molecule has 1 aromatic carbocycles. The first kappa shape index (κ1) is 13.3. The van der Waals surface area contributed by atoms with Crippen LogP contribution in [0, 0.1) is 5.41 Å². The topological polar surface area (TPSA) is 54.4 Å². The molecule has 19 heavy (non-hydrogen) atoms. The standard InChI is InChI=1S/C16H16O3/c1-16(2,3)9-8-12-13(17)10-6-4-5-7-11(10)14(18)15(12)19/h4-9,17H,1-3H3/b9-8+. The van der Waals surface area contributed by atoms with Gasteiger partial charge < -0.3 is 5.11 Å². The van der Waals surface area contributed by atoms with Crippen molar-refractivity contribution in [1.29, 1.82) is 0 Å². The van der Waals surface area contributed by atoms with E-state index in [1.54, 1.807) is 30.3 Å². The first-order valence-electron chi connectivity index (χ1n) is 6.12. The number of hydrogen-bond acceptors (Lipinski definition) is 3. The normalized spacial score (nSPS) is 16.2. The van der Waals surface area contributed by atoms with Crippen LogP contribution in [0.1, 0.15) is 36.7 Å². The minimum absolute atomic E-state index is 0.0682. The van der Waals surface area contributed by atoms with Crippen molar-refractivity contribution in [2.24, 2.45) is 5.41 Å². The van der Waals surface area contributed by atoms with Crippen LogP contribution in [0.2, 0.25) is 0 Å². The molecule has 98 valence electrons. The number of hydrogen-bond donors (Lipinski definition) is 1. The highest BCUT2D eigenvalue weighted by atomic mass is 16.3. The molecule has 0 saturated carbocycles. The van der Waals surface area contributed by atoms with Gasteiger partial charge in [0.2, 0.25) is 11.6 Å². The molecule has 1 N–H and O–H groups in total. The van der Waals surface area contributed by atoms with E-state index < -0.39 is 11.6 Å². The summed E-state index contributed by atoms with van der Waals surface area (Å²) in [7, 11) is 0. The van der Waals surface area contributed by atoms with Gasteiger partial charge in [-0.25, -0.2) is 0 Å². The zero-order chi connectivity index (χ0) is 14.2. The predicted octanol–water partition coefficient (Wildman–Crippen LogP) is 3.32. The van der Waals surface area contributed by atoms with Crippen molar-refractivity contribution in [2.75, 3.05) is 0 Å². The Morgan fingerprint density at radius 2 is 1.58 bits per heavy atom. The van der Waals surface area contributed by atoms with Gasteiger partial charge in [0.05, 0.1) is 5.57 Å². The SMILES string of the molecule is CC(C)(C)/C=C/C1=C(O)c2ccccc2C(=O)C1=O. The lowest BCUT2D eigenvalue weighted by molar-refractivity contribution is -0.111. The summed E-state index contributed by atoms with van der Waals surface area (Å²) in [6.45, 7) is 5.93. The number of carbonyl (C=O) groups excluding carboxylic acids is 2. The summed E-state index contributed by atoms with van der Waals surface area (Å²) in [5.74, 6) is -1.35. The van der Waals surface area contributed by atoms with E-state index in [0.29, 0.717) is 5.56 Å². The van der Waals surface area contributed by atoms with Crippen LogP contribution in [0.4, 0.5) is 0 Å². The summed E-state index contributed by atoms with van der Waals surface area (Å²) in [6, 6.07) is 6.59. The summed E-state index contributed by atoms with van der Waals surface area (Å²) in [5.41, 5.74) is 0.616. The lowest BCUT2D eigenvalue weighted by Crippen LogP contribution is -2.23. The number of carbonyl (C=O) groups is 2. The Hall–Kier alpha value is -2.16. The van der Waals surface area contributed by atoms with Crippen LogP contribution in [-0.2, 0) is 4.79 Å². The average molecular weight is 256 g/mol. The van der Waals surface area contributed by atoms with Gasteiger partial charge in [-0.3, -0.25) is 9.59 Å². The molecule has 0 unspecified atom stereocenters. The van der Waals surface area contributed by atoms with Crippen LogP contribution < -0.4 is 0 Å². The lowest BCUT2D eigenvalue weighted by Gasteiger charge is -2.17. The van der Waals surface area contributed by atoms with Gasteiger partial charge in [-0.05, 0) is 5.41 Å². The van der Waals surface area contributed by atoms with Crippen LogP contribution in [0.5, 0.6) is 0 Å². The predicted molar refractivity (Wildman–Crippen MR) is 73.9 cm³/mol. The van der Waals surface area contributed by atoms with Gasteiger partial charge >= 0.3 is 0 Å². The molecule has 0 atom stereocenters. The summed E-state index contributed by atoms with van der Waals surface area (Å²) < 4.78 is 0. The Morgan fingerprint density at radius 3 is 2.16 bits per heavy atom. The Morgan fingerprint density at radius 1 is 1.00 bits per heavy atom. The van der Waals surface area contributed by atoms with Crippen LogP contribution in [0.3, 0.4) is 0 Å². The molecular weight excluding hydrogens is 240 g/mol. The fraction of sp³-hybridized carbons (Fsp3) is 0.250. The Labute approximate surface area is 112 Å². The average Bonchev–Trinajstić information content (AvgIpc) is 2.35. The monoisotopic (exact) mass is 256 g/mol. The molecule has 0 bridgehead atoms. The molecule has 3 nitrogen and oxygen atoms in total. The number of benzene rings is 1. The molecule has 0 amide bonds. The minimum Gasteiger partial charge on any atom is -0.507 e. The molecule has 1 aliphatic carbocycles. The van der Waals surface area contributed by atoms with Crippen molar-refractivity contribution in [3.8, 4) is 0 Å². The Kier molecular flexibility index (Phi) is 3.14. The van der Waals surface area contributed by atoms with Crippen LogP contribution >= 0.6 is 0 Å². The highest BCUT2D eigenvalue weighted by Crippen LogP contribution is 2.29. The van der Waals surface area contributed by atoms with Crippen molar-refractivity contribution in [1.82, 2.24) is 0 Å². The molecule has 2 rings (SSSR count). The molecule has 1 aromatic rings. The molecule has 1 aliphatic rings. The zero-order valence-electron chi connectivity index (χ0n) is 11.2.